The topological polar surface area (TPSA) is 35.5 Å². The number of hydrogen-bond acceptors (Lipinski definition) is 3. The van der Waals surface area contributed by atoms with E-state index >= 15 is 0 Å². The smallest absolute Gasteiger partial charge is 0.192 e. The fourth-order valence-corrected chi connectivity index (χ4v) is 3.53. The highest BCUT2D eigenvalue weighted by Crippen LogP contribution is 2.23. The molecule has 0 fully saturated rings. The van der Waals surface area contributed by atoms with Gasteiger partial charge in [-0.15, -0.1) is 0 Å². The molecule has 0 saturated heterocycles. The van der Waals surface area contributed by atoms with Crippen molar-refractivity contribution in [1.82, 2.24) is 0 Å². The van der Waals surface area contributed by atoms with E-state index in [1.165, 1.54) is 0 Å². The highest BCUT2D eigenvalue weighted by molar-refractivity contribution is 6.70. The Bertz CT molecular complexity index is 416. The molecule has 1 aromatic carbocycles. The van der Waals surface area contributed by atoms with Gasteiger partial charge in [0.2, 0.25) is 0 Å². The van der Waals surface area contributed by atoms with Crippen LogP contribution in [0.2, 0.25) is 19.6 Å². The number of Topliss-reactive ketones (excluding diaryl/α,β-unsaturated/α-hetero) is 1. The minimum absolute atomic E-state index is 0.00702. The molecule has 4 heteroatoms. The van der Waals surface area contributed by atoms with Gasteiger partial charge in [0.15, 0.2) is 14.1 Å². The molecule has 0 aliphatic heterocycles. The summed E-state index contributed by atoms with van der Waals surface area (Å²) in [6.07, 6.45) is 0. The summed E-state index contributed by atoms with van der Waals surface area (Å²) in [5, 5.41) is 0. The lowest BCUT2D eigenvalue weighted by Crippen LogP contribution is -2.44. The third kappa shape index (κ3) is 3.96. The first kappa shape index (κ1) is 14.9. The molecule has 0 N–H and O–H groups in total. The van der Waals surface area contributed by atoms with Crippen LogP contribution in [0.4, 0.5) is 0 Å². The molecule has 18 heavy (non-hydrogen) atoms. The first-order valence-corrected chi connectivity index (χ1v) is 9.45. The predicted octanol–water partition coefficient (Wildman–Crippen LogP) is 3.51. The summed E-state index contributed by atoms with van der Waals surface area (Å²) >= 11 is 0. The number of rotatable bonds is 5. The summed E-state index contributed by atoms with van der Waals surface area (Å²) in [5.41, 5.74) is -0.127. The Hall–Kier alpha value is -1.13. The van der Waals surface area contributed by atoms with Crippen molar-refractivity contribution in [3.05, 3.63) is 29.8 Å². The van der Waals surface area contributed by atoms with Crippen molar-refractivity contribution in [3.63, 3.8) is 0 Å². The van der Waals surface area contributed by atoms with Crippen LogP contribution >= 0.6 is 0 Å². The molecule has 0 aliphatic rings. The monoisotopic (exact) mass is 266 g/mol. The van der Waals surface area contributed by atoms with E-state index in [2.05, 4.69) is 19.6 Å². The summed E-state index contributed by atoms with van der Waals surface area (Å²) in [5.74, 6) is 0.753. The van der Waals surface area contributed by atoms with Crippen molar-refractivity contribution in [2.24, 2.45) is 0 Å². The maximum Gasteiger partial charge on any atom is 0.192 e. The van der Waals surface area contributed by atoms with Gasteiger partial charge in [-0.3, -0.25) is 4.79 Å². The fourth-order valence-electron chi connectivity index (χ4n) is 1.90. The minimum Gasteiger partial charge on any atom is -0.497 e. The number of methoxy groups -OCH3 is 1. The molecule has 100 valence electrons. The van der Waals surface area contributed by atoms with Crippen molar-refractivity contribution < 1.29 is 14.0 Å². The lowest BCUT2D eigenvalue weighted by molar-refractivity contribution is 0.0558. The molecule has 0 saturated carbocycles. The summed E-state index contributed by atoms with van der Waals surface area (Å²) in [7, 11) is -0.145. The summed E-state index contributed by atoms with van der Waals surface area (Å²) < 4.78 is 11.0. The van der Waals surface area contributed by atoms with Gasteiger partial charge in [0.25, 0.3) is 0 Å². The first-order chi connectivity index (χ1) is 8.15. The molecule has 3 nitrogen and oxygen atoms in total. The van der Waals surface area contributed by atoms with Crippen LogP contribution < -0.4 is 4.74 Å². The molecular formula is C14H22O3Si. The number of benzene rings is 1. The second-order valence-electron chi connectivity index (χ2n) is 5.78. The van der Waals surface area contributed by atoms with Gasteiger partial charge in [-0.2, -0.15) is 0 Å². The summed E-state index contributed by atoms with van der Waals surface area (Å²) in [4.78, 5) is 12.4. The van der Waals surface area contributed by atoms with Gasteiger partial charge in [-0.25, -0.2) is 0 Å². The van der Waals surface area contributed by atoms with Crippen molar-refractivity contribution >= 4 is 14.1 Å². The van der Waals surface area contributed by atoms with Crippen molar-refractivity contribution in [2.75, 3.05) is 7.11 Å². The molecule has 1 rings (SSSR count). The van der Waals surface area contributed by atoms with Gasteiger partial charge < -0.3 is 9.16 Å². The highest BCUT2D eigenvalue weighted by atomic mass is 28.4. The van der Waals surface area contributed by atoms with Gasteiger partial charge in [-0.1, -0.05) is 0 Å². The Balaban J connectivity index is 2.91. The van der Waals surface area contributed by atoms with E-state index in [0.29, 0.717) is 5.56 Å². The van der Waals surface area contributed by atoms with Crippen LogP contribution in [0.5, 0.6) is 5.75 Å². The summed E-state index contributed by atoms with van der Waals surface area (Å²) in [6.45, 7) is 9.90. The first-order valence-electron chi connectivity index (χ1n) is 6.05. The zero-order chi connectivity index (χ0) is 14.0. The molecule has 1 aromatic rings. The molecule has 0 amide bonds. The molecule has 0 bridgehead atoms. The van der Waals surface area contributed by atoms with E-state index in [0.717, 1.165) is 5.75 Å². The molecule has 0 heterocycles. The van der Waals surface area contributed by atoms with Crippen LogP contribution in [0.3, 0.4) is 0 Å². The van der Waals surface area contributed by atoms with Crippen molar-refractivity contribution in [1.29, 1.82) is 0 Å². The molecule has 0 aromatic heterocycles. The Morgan fingerprint density at radius 2 is 1.61 bits per heavy atom. The van der Waals surface area contributed by atoms with Crippen molar-refractivity contribution in [2.45, 2.75) is 39.1 Å². The van der Waals surface area contributed by atoms with Crippen LogP contribution in [0, 0.1) is 0 Å². The van der Waals surface area contributed by atoms with E-state index in [9.17, 15) is 4.79 Å². The molecular weight excluding hydrogens is 244 g/mol. The Morgan fingerprint density at radius 3 is 2.00 bits per heavy atom. The third-order valence-electron chi connectivity index (χ3n) is 2.46. The average molecular weight is 266 g/mol. The summed E-state index contributed by atoms with van der Waals surface area (Å²) in [6, 6.07) is 7.13. The largest absolute Gasteiger partial charge is 0.497 e. The second kappa shape index (κ2) is 5.24. The fraction of sp³-hybridized carbons (Fsp3) is 0.500. The van der Waals surface area contributed by atoms with E-state index in [1.807, 2.05) is 13.8 Å². The highest BCUT2D eigenvalue weighted by Gasteiger charge is 2.34. The molecule has 0 unspecified atom stereocenters. The van der Waals surface area contributed by atoms with Gasteiger partial charge in [0.1, 0.15) is 11.4 Å². The van der Waals surface area contributed by atoms with Gasteiger partial charge in [-0.05, 0) is 57.8 Å². The average Bonchev–Trinajstić information content (AvgIpc) is 2.25. The molecule has 0 atom stereocenters. The lowest BCUT2D eigenvalue weighted by atomic mass is 9.97. The molecule has 0 spiro atoms. The third-order valence-corrected chi connectivity index (χ3v) is 3.58. The van der Waals surface area contributed by atoms with E-state index < -0.39 is 13.9 Å². The SMILES string of the molecule is COc1ccc(C(=O)C(C)(C)O[Si](C)(C)C)cc1. The Kier molecular flexibility index (Phi) is 4.35. The van der Waals surface area contributed by atoms with Crippen molar-refractivity contribution in [3.8, 4) is 5.75 Å². The van der Waals surface area contributed by atoms with Gasteiger partial charge >= 0.3 is 0 Å². The number of ketones is 1. The van der Waals surface area contributed by atoms with Gasteiger partial charge in [0, 0.05) is 5.56 Å². The van der Waals surface area contributed by atoms with Crippen LogP contribution in [0.1, 0.15) is 24.2 Å². The number of carbonyl (C=O) groups is 1. The Morgan fingerprint density at radius 1 is 1.11 bits per heavy atom. The van der Waals surface area contributed by atoms with Crippen LogP contribution in [0.25, 0.3) is 0 Å². The van der Waals surface area contributed by atoms with Crippen LogP contribution in [-0.4, -0.2) is 26.8 Å². The Labute approximate surface area is 110 Å². The molecule has 0 aliphatic carbocycles. The number of carbonyl (C=O) groups excluding carboxylic acids is 1. The maximum absolute atomic E-state index is 12.4. The van der Waals surface area contributed by atoms with E-state index in [4.69, 9.17) is 9.16 Å². The van der Waals surface area contributed by atoms with E-state index in [-0.39, 0.29) is 5.78 Å². The van der Waals surface area contributed by atoms with Crippen LogP contribution in [0.15, 0.2) is 24.3 Å². The minimum atomic E-state index is -1.75. The quantitative estimate of drug-likeness (QED) is 0.604. The second-order valence-corrected chi connectivity index (χ2v) is 10.2. The maximum atomic E-state index is 12.4. The van der Waals surface area contributed by atoms with Gasteiger partial charge in [0.05, 0.1) is 7.11 Å². The normalized spacial score (nSPS) is 12.3. The lowest BCUT2D eigenvalue weighted by Gasteiger charge is -2.31. The predicted molar refractivity (Wildman–Crippen MR) is 75.8 cm³/mol. The van der Waals surface area contributed by atoms with Crippen LogP contribution in [-0.2, 0) is 4.43 Å². The van der Waals surface area contributed by atoms with E-state index in [1.54, 1.807) is 31.4 Å². The zero-order valence-corrected chi connectivity index (χ0v) is 13.0. The number of hydrogen-bond donors (Lipinski definition) is 0. The zero-order valence-electron chi connectivity index (χ0n) is 12.0. The number of ether oxygens (including phenoxy) is 1. The standard InChI is InChI=1S/C14H22O3Si/c1-14(2,17-18(4,5)6)13(15)11-7-9-12(16-3)10-8-11/h7-10H,1-6H3. The molecule has 0 radical (unpaired) electrons.